The first-order valence-corrected chi connectivity index (χ1v) is 9.90. The lowest BCUT2D eigenvalue weighted by Crippen LogP contribution is -2.19. The number of ether oxygens (including phenoxy) is 1. The van der Waals surface area contributed by atoms with Crippen molar-refractivity contribution >= 4 is 34.7 Å². The number of fused-ring (bicyclic) bond motifs is 1. The monoisotopic (exact) mass is 444 g/mol. The van der Waals surface area contributed by atoms with Gasteiger partial charge < -0.3 is 25.3 Å². The summed E-state index contributed by atoms with van der Waals surface area (Å²) in [4.78, 5) is 31.4. The first-order chi connectivity index (χ1) is 15.9. The highest BCUT2D eigenvalue weighted by atomic mass is 16.5. The van der Waals surface area contributed by atoms with Gasteiger partial charge in [0.15, 0.2) is 11.3 Å². The van der Waals surface area contributed by atoms with Crippen LogP contribution >= 0.6 is 0 Å². The van der Waals surface area contributed by atoms with Crippen LogP contribution in [0.3, 0.4) is 0 Å². The number of benzene rings is 1. The Kier molecular flexibility index (Phi) is 6.03. The van der Waals surface area contributed by atoms with Gasteiger partial charge in [0.1, 0.15) is 11.6 Å². The lowest BCUT2D eigenvalue weighted by atomic mass is 10.1. The minimum Gasteiger partial charge on any atom is -0.493 e. The van der Waals surface area contributed by atoms with Gasteiger partial charge in [0.25, 0.3) is 0 Å². The number of rotatable bonds is 7. The van der Waals surface area contributed by atoms with E-state index in [4.69, 9.17) is 20.0 Å². The molecule has 0 spiro atoms. The van der Waals surface area contributed by atoms with Crippen molar-refractivity contribution in [2.45, 2.75) is 6.54 Å². The molecule has 3 heterocycles. The number of nitrogens with two attached hydrogens (primary N) is 1. The predicted octanol–water partition coefficient (Wildman–Crippen LogP) is 3.51. The third-order valence-electron chi connectivity index (χ3n) is 4.83. The molecular formula is C24H20N4O5. The molecule has 0 saturated carbocycles. The van der Waals surface area contributed by atoms with Gasteiger partial charge in [-0.25, -0.2) is 9.78 Å². The topological polar surface area (TPSA) is 141 Å². The van der Waals surface area contributed by atoms with Crippen molar-refractivity contribution in [3.63, 3.8) is 0 Å². The standard InChI is InChI=1S/C24H20N4O5/c1-32-20-10-16(19-5-4-15(12-26-19)24(30)31)8-17-9-18(33-23(17)20)13-28-22(29)7-3-14-2-6-21(25)27-11-14/h2-12H,13H2,1H3,(H2,25,27)(H,28,29)(H,30,31)/b7-3+. The summed E-state index contributed by atoms with van der Waals surface area (Å²) in [5, 5.41) is 12.6. The predicted molar refractivity (Wildman–Crippen MR) is 122 cm³/mol. The molecule has 166 valence electrons. The number of hydrogen-bond acceptors (Lipinski definition) is 7. The number of amides is 1. The number of pyridine rings is 2. The van der Waals surface area contributed by atoms with Gasteiger partial charge in [-0.1, -0.05) is 0 Å². The number of carbonyl (C=O) groups excluding carboxylic acids is 1. The average Bonchev–Trinajstić information content (AvgIpc) is 3.25. The van der Waals surface area contributed by atoms with Gasteiger partial charge in [0, 0.05) is 29.4 Å². The van der Waals surface area contributed by atoms with E-state index in [1.165, 1.54) is 25.4 Å². The summed E-state index contributed by atoms with van der Waals surface area (Å²) in [5.41, 5.74) is 8.29. The Hall–Kier alpha value is -4.66. The molecule has 0 fully saturated rings. The van der Waals surface area contributed by atoms with E-state index >= 15 is 0 Å². The number of anilines is 1. The van der Waals surface area contributed by atoms with Crippen molar-refractivity contribution in [1.82, 2.24) is 15.3 Å². The van der Waals surface area contributed by atoms with E-state index in [2.05, 4.69) is 15.3 Å². The Balaban J connectivity index is 1.50. The molecule has 33 heavy (non-hydrogen) atoms. The fourth-order valence-corrected chi connectivity index (χ4v) is 3.17. The number of hydrogen-bond donors (Lipinski definition) is 3. The summed E-state index contributed by atoms with van der Waals surface area (Å²) < 4.78 is 11.3. The summed E-state index contributed by atoms with van der Waals surface area (Å²) in [7, 11) is 1.53. The highest BCUT2D eigenvalue weighted by molar-refractivity contribution is 5.92. The Morgan fingerprint density at radius 2 is 2.00 bits per heavy atom. The smallest absolute Gasteiger partial charge is 0.337 e. The second-order valence-electron chi connectivity index (χ2n) is 7.11. The zero-order valence-corrected chi connectivity index (χ0v) is 17.6. The number of aromatic carboxylic acids is 1. The minimum atomic E-state index is -1.04. The number of nitrogen functional groups attached to an aromatic ring is 1. The second kappa shape index (κ2) is 9.23. The first-order valence-electron chi connectivity index (χ1n) is 9.90. The SMILES string of the molecule is COc1cc(-c2ccc(C(=O)O)cn2)cc2cc(CNC(=O)/C=C/c3ccc(N)nc3)oc12. The van der Waals surface area contributed by atoms with Gasteiger partial charge in [-0.05, 0) is 54.1 Å². The molecule has 1 amide bonds. The van der Waals surface area contributed by atoms with Crippen LogP contribution in [-0.4, -0.2) is 34.1 Å². The summed E-state index contributed by atoms with van der Waals surface area (Å²) >= 11 is 0. The number of nitrogens with one attached hydrogen (secondary N) is 1. The maximum Gasteiger partial charge on any atom is 0.337 e. The van der Waals surface area contributed by atoms with Crippen LogP contribution in [0.25, 0.3) is 28.3 Å². The largest absolute Gasteiger partial charge is 0.493 e. The Labute approximate surface area is 188 Å². The van der Waals surface area contributed by atoms with E-state index in [-0.39, 0.29) is 18.0 Å². The van der Waals surface area contributed by atoms with Crippen molar-refractivity contribution in [2.24, 2.45) is 0 Å². The zero-order chi connectivity index (χ0) is 23.4. The van der Waals surface area contributed by atoms with Gasteiger partial charge >= 0.3 is 5.97 Å². The Morgan fingerprint density at radius 1 is 1.15 bits per heavy atom. The minimum absolute atomic E-state index is 0.106. The quantitative estimate of drug-likeness (QED) is 0.368. The maximum atomic E-state index is 12.2. The molecule has 4 rings (SSSR count). The lowest BCUT2D eigenvalue weighted by molar-refractivity contribution is -0.116. The van der Waals surface area contributed by atoms with E-state index in [0.717, 1.165) is 16.5 Å². The van der Waals surface area contributed by atoms with Crippen LogP contribution in [0.2, 0.25) is 0 Å². The third-order valence-corrected chi connectivity index (χ3v) is 4.83. The molecule has 4 N–H and O–H groups in total. The summed E-state index contributed by atoms with van der Waals surface area (Å²) in [6, 6.07) is 12.0. The maximum absolute atomic E-state index is 12.2. The van der Waals surface area contributed by atoms with Crippen LogP contribution in [0.4, 0.5) is 5.82 Å². The number of carbonyl (C=O) groups is 2. The number of methoxy groups -OCH3 is 1. The molecule has 0 saturated heterocycles. The third kappa shape index (κ3) is 4.99. The molecule has 0 radical (unpaired) electrons. The number of aromatic nitrogens is 2. The van der Waals surface area contributed by atoms with Crippen LogP contribution in [0.5, 0.6) is 5.75 Å². The van der Waals surface area contributed by atoms with Gasteiger partial charge in [0.05, 0.1) is 24.9 Å². The number of nitrogens with zero attached hydrogens (tertiary/aromatic N) is 2. The van der Waals surface area contributed by atoms with Crippen molar-refractivity contribution in [3.8, 4) is 17.0 Å². The molecule has 0 aliphatic carbocycles. The zero-order valence-electron chi connectivity index (χ0n) is 17.6. The Morgan fingerprint density at radius 3 is 2.67 bits per heavy atom. The molecule has 0 aliphatic heterocycles. The van der Waals surface area contributed by atoms with E-state index in [0.29, 0.717) is 28.6 Å². The Bertz CT molecular complexity index is 1340. The number of carboxylic acid groups (broad SMARTS) is 1. The van der Waals surface area contributed by atoms with Gasteiger partial charge in [0.2, 0.25) is 5.91 Å². The molecule has 9 nitrogen and oxygen atoms in total. The highest BCUT2D eigenvalue weighted by Crippen LogP contribution is 2.34. The molecule has 0 bridgehead atoms. The van der Waals surface area contributed by atoms with Crippen LogP contribution in [0, 0.1) is 0 Å². The lowest BCUT2D eigenvalue weighted by Gasteiger charge is -2.06. The van der Waals surface area contributed by atoms with Crippen LogP contribution in [0.1, 0.15) is 21.7 Å². The van der Waals surface area contributed by atoms with Crippen molar-refractivity contribution < 1.29 is 23.8 Å². The van der Waals surface area contributed by atoms with E-state index in [9.17, 15) is 9.59 Å². The molecule has 0 atom stereocenters. The normalized spacial score (nSPS) is 11.1. The second-order valence-corrected chi connectivity index (χ2v) is 7.11. The van der Waals surface area contributed by atoms with E-state index in [1.807, 2.05) is 6.07 Å². The average molecular weight is 444 g/mol. The summed E-state index contributed by atoms with van der Waals surface area (Å²) in [5.74, 6) is 0.129. The van der Waals surface area contributed by atoms with Crippen LogP contribution < -0.4 is 15.8 Å². The molecular weight excluding hydrogens is 424 g/mol. The fraction of sp³-hybridized carbons (Fsp3) is 0.0833. The van der Waals surface area contributed by atoms with Crippen molar-refractivity contribution in [2.75, 3.05) is 12.8 Å². The first kappa shape index (κ1) is 21.6. The highest BCUT2D eigenvalue weighted by Gasteiger charge is 2.14. The molecule has 3 aromatic heterocycles. The number of furan rings is 1. The fourth-order valence-electron chi connectivity index (χ4n) is 3.17. The molecule has 0 aliphatic rings. The van der Waals surface area contributed by atoms with Gasteiger partial charge in [-0.15, -0.1) is 0 Å². The number of carboxylic acids is 1. The van der Waals surface area contributed by atoms with Crippen LogP contribution in [0.15, 0.2) is 65.4 Å². The molecule has 9 heteroatoms. The van der Waals surface area contributed by atoms with Crippen molar-refractivity contribution in [3.05, 3.63) is 77.8 Å². The molecule has 4 aromatic rings. The molecule has 1 aromatic carbocycles. The van der Waals surface area contributed by atoms with Gasteiger partial charge in [-0.2, -0.15) is 0 Å². The van der Waals surface area contributed by atoms with Crippen molar-refractivity contribution in [1.29, 1.82) is 0 Å². The van der Waals surface area contributed by atoms with Crippen LogP contribution in [-0.2, 0) is 11.3 Å². The van der Waals surface area contributed by atoms with E-state index < -0.39 is 5.97 Å². The summed E-state index contributed by atoms with van der Waals surface area (Å²) in [6.07, 6.45) is 5.92. The summed E-state index contributed by atoms with van der Waals surface area (Å²) in [6.45, 7) is 0.182. The van der Waals surface area contributed by atoms with E-state index in [1.54, 1.807) is 42.6 Å². The molecule has 0 unspecified atom stereocenters. The van der Waals surface area contributed by atoms with Gasteiger partial charge in [-0.3, -0.25) is 9.78 Å².